The van der Waals surface area contributed by atoms with Crippen LogP contribution in [0.5, 0.6) is 0 Å². The third-order valence-corrected chi connectivity index (χ3v) is 2.32. The first-order valence-corrected chi connectivity index (χ1v) is 3.56. The number of aliphatic imine (C=N–C) groups is 1. The summed E-state index contributed by atoms with van der Waals surface area (Å²) in [5, 5.41) is 0. The molecule has 8 heavy (non-hydrogen) atoms. The van der Waals surface area contributed by atoms with Gasteiger partial charge in [0.2, 0.25) is 0 Å². The predicted octanol–water partition coefficient (Wildman–Crippen LogP) is 1.98. The zero-order valence-corrected chi connectivity index (χ0v) is 6.30. The predicted molar refractivity (Wildman–Crippen MR) is 39.5 cm³/mol. The lowest BCUT2D eigenvalue weighted by atomic mass is 10.1. The van der Waals surface area contributed by atoms with Crippen molar-refractivity contribution in [2.75, 3.05) is 0 Å². The van der Waals surface area contributed by atoms with Crippen LogP contribution in [-0.2, 0) is 0 Å². The van der Waals surface area contributed by atoms with Gasteiger partial charge in [0.1, 0.15) is 0 Å². The van der Waals surface area contributed by atoms with E-state index in [9.17, 15) is 0 Å². The quantitative estimate of drug-likeness (QED) is 0.498. The van der Waals surface area contributed by atoms with Crippen LogP contribution in [0.1, 0.15) is 6.92 Å². The van der Waals surface area contributed by atoms with Crippen LogP contribution >= 0.6 is 15.9 Å². The molecule has 0 aromatic heterocycles. The Balaban J connectivity index is 2.59. The Morgan fingerprint density at radius 2 is 2.38 bits per heavy atom. The van der Waals surface area contributed by atoms with Crippen molar-refractivity contribution in [3.05, 3.63) is 12.3 Å². The van der Waals surface area contributed by atoms with Gasteiger partial charge in [-0.25, -0.2) is 0 Å². The maximum Gasteiger partial charge on any atom is 0.0418 e. The smallest absolute Gasteiger partial charge is 0.0418 e. The summed E-state index contributed by atoms with van der Waals surface area (Å²) in [7, 11) is 0. The molecule has 0 saturated carbocycles. The molecule has 0 aromatic rings. The van der Waals surface area contributed by atoms with Crippen LogP contribution in [0.3, 0.4) is 0 Å². The Kier molecular flexibility index (Phi) is 1.84. The van der Waals surface area contributed by atoms with E-state index in [4.69, 9.17) is 0 Å². The van der Waals surface area contributed by atoms with Crippen molar-refractivity contribution in [2.45, 2.75) is 11.8 Å². The van der Waals surface area contributed by atoms with Gasteiger partial charge in [-0.3, -0.25) is 4.99 Å². The van der Waals surface area contributed by atoms with Crippen LogP contribution < -0.4 is 0 Å². The lowest BCUT2D eigenvalue weighted by Gasteiger charge is -2.10. The zero-order valence-electron chi connectivity index (χ0n) is 4.71. The van der Waals surface area contributed by atoms with Crippen molar-refractivity contribution in [3.63, 3.8) is 0 Å². The molecule has 0 fully saturated rings. The summed E-state index contributed by atoms with van der Waals surface area (Å²) in [6.07, 6.45) is 5.81. The van der Waals surface area contributed by atoms with Crippen molar-refractivity contribution in [3.8, 4) is 0 Å². The van der Waals surface area contributed by atoms with Crippen LogP contribution in [-0.4, -0.2) is 11.0 Å². The summed E-state index contributed by atoms with van der Waals surface area (Å²) in [4.78, 5) is 4.46. The molecule has 0 spiro atoms. The van der Waals surface area contributed by atoms with E-state index < -0.39 is 0 Å². The lowest BCUT2D eigenvalue weighted by molar-refractivity contribution is 0.823. The van der Waals surface area contributed by atoms with Gasteiger partial charge in [0, 0.05) is 23.2 Å². The van der Waals surface area contributed by atoms with E-state index in [1.165, 1.54) is 0 Å². The van der Waals surface area contributed by atoms with E-state index in [1.54, 1.807) is 0 Å². The monoisotopic (exact) mass is 173 g/mol. The molecular weight excluding hydrogens is 166 g/mol. The minimum atomic E-state index is 0.486. The van der Waals surface area contributed by atoms with Crippen molar-refractivity contribution < 1.29 is 0 Å². The summed E-state index contributed by atoms with van der Waals surface area (Å²) in [5.74, 6) is 0.542. The molecule has 2 unspecified atom stereocenters. The first-order chi connectivity index (χ1) is 3.80. The van der Waals surface area contributed by atoms with Gasteiger partial charge in [-0.1, -0.05) is 28.9 Å². The van der Waals surface area contributed by atoms with Gasteiger partial charge in [0.15, 0.2) is 0 Å². The van der Waals surface area contributed by atoms with E-state index in [0.29, 0.717) is 10.7 Å². The highest BCUT2D eigenvalue weighted by atomic mass is 79.9. The van der Waals surface area contributed by atoms with Crippen molar-refractivity contribution in [1.82, 2.24) is 0 Å². The second-order valence-electron chi connectivity index (χ2n) is 1.94. The third kappa shape index (κ3) is 1.19. The van der Waals surface area contributed by atoms with E-state index in [2.05, 4.69) is 27.8 Å². The number of rotatable bonds is 0. The standard InChI is InChI=1S/C6H8BrN/c1-5-4-8-3-2-6(5)7/h2-6H,1H3. The molecule has 1 aliphatic rings. The van der Waals surface area contributed by atoms with Gasteiger partial charge >= 0.3 is 0 Å². The van der Waals surface area contributed by atoms with Crippen LogP contribution in [0.25, 0.3) is 0 Å². The first kappa shape index (κ1) is 6.02. The van der Waals surface area contributed by atoms with Gasteiger partial charge in [-0.15, -0.1) is 0 Å². The molecule has 1 aliphatic heterocycles. The normalized spacial score (nSPS) is 35.8. The highest BCUT2D eigenvalue weighted by Gasteiger charge is 2.09. The van der Waals surface area contributed by atoms with Gasteiger partial charge in [-0.2, -0.15) is 0 Å². The highest BCUT2D eigenvalue weighted by Crippen LogP contribution is 2.14. The zero-order chi connectivity index (χ0) is 5.98. The molecule has 44 valence electrons. The molecule has 0 aromatic carbocycles. The molecule has 0 saturated heterocycles. The largest absolute Gasteiger partial charge is 0.269 e. The summed E-state index contributed by atoms with van der Waals surface area (Å²) < 4.78 is 0. The maximum atomic E-state index is 3.97. The molecule has 2 atom stereocenters. The van der Waals surface area contributed by atoms with Crippen molar-refractivity contribution in [2.24, 2.45) is 10.9 Å². The number of halogens is 1. The maximum absolute atomic E-state index is 3.97. The third-order valence-electron chi connectivity index (χ3n) is 1.18. The topological polar surface area (TPSA) is 12.4 Å². The SMILES string of the molecule is CC1C=NC=CC1Br. The van der Waals surface area contributed by atoms with Crippen molar-refractivity contribution in [1.29, 1.82) is 0 Å². The molecule has 1 rings (SSSR count). The minimum Gasteiger partial charge on any atom is -0.269 e. The average Bonchev–Trinajstić information content (AvgIpc) is 1.77. The number of hydrogen-bond donors (Lipinski definition) is 0. The Morgan fingerprint density at radius 3 is 2.75 bits per heavy atom. The van der Waals surface area contributed by atoms with Crippen molar-refractivity contribution >= 4 is 22.1 Å². The summed E-state index contributed by atoms with van der Waals surface area (Å²) in [5.41, 5.74) is 0. The van der Waals surface area contributed by atoms with Gasteiger partial charge < -0.3 is 0 Å². The van der Waals surface area contributed by atoms with E-state index in [-0.39, 0.29) is 0 Å². The first-order valence-electron chi connectivity index (χ1n) is 2.65. The van der Waals surface area contributed by atoms with E-state index >= 15 is 0 Å². The summed E-state index contributed by atoms with van der Waals surface area (Å²) >= 11 is 3.48. The van der Waals surface area contributed by atoms with Gasteiger partial charge in [0.05, 0.1) is 0 Å². The highest BCUT2D eigenvalue weighted by molar-refractivity contribution is 9.09. The Morgan fingerprint density at radius 1 is 1.62 bits per heavy atom. The second-order valence-corrected chi connectivity index (χ2v) is 3.00. The number of allylic oxidation sites excluding steroid dienone is 1. The molecule has 2 heteroatoms. The summed E-state index contributed by atoms with van der Waals surface area (Å²) in [6.45, 7) is 2.13. The van der Waals surface area contributed by atoms with Crippen LogP contribution in [0.15, 0.2) is 17.3 Å². The molecule has 0 N–H and O–H groups in total. The van der Waals surface area contributed by atoms with Crippen LogP contribution in [0.2, 0.25) is 0 Å². The van der Waals surface area contributed by atoms with Gasteiger partial charge in [-0.05, 0) is 0 Å². The molecule has 1 nitrogen and oxygen atoms in total. The molecule has 1 heterocycles. The van der Waals surface area contributed by atoms with Gasteiger partial charge in [0.25, 0.3) is 0 Å². The van der Waals surface area contributed by atoms with E-state index in [1.807, 2.05) is 18.5 Å². The second kappa shape index (κ2) is 2.44. The number of hydrogen-bond acceptors (Lipinski definition) is 1. The number of alkyl halides is 1. The van der Waals surface area contributed by atoms with Crippen LogP contribution in [0, 0.1) is 5.92 Å². The molecule has 0 amide bonds. The summed E-state index contributed by atoms with van der Waals surface area (Å²) in [6, 6.07) is 0. The fraction of sp³-hybridized carbons (Fsp3) is 0.500. The fourth-order valence-corrected chi connectivity index (χ4v) is 0.848. The minimum absolute atomic E-state index is 0.486. The Labute approximate surface area is 57.6 Å². The molecular formula is C6H8BrN. The van der Waals surface area contributed by atoms with E-state index in [0.717, 1.165) is 0 Å². The number of nitrogens with zero attached hydrogens (tertiary/aromatic N) is 1. The molecule has 0 aliphatic carbocycles. The molecule has 0 radical (unpaired) electrons. The Bertz CT molecular complexity index is 112. The lowest BCUT2D eigenvalue weighted by Crippen LogP contribution is -2.11. The molecule has 0 bridgehead atoms. The fourth-order valence-electron chi connectivity index (χ4n) is 0.575. The van der Waals surface area contributed by atoms with Crippen LogP contribution in [0.4, 0.5) is 0 Å². The Hall–Kier alpha value is -0.110. The average molecular weight is 174 g/mol.